The number of rotatable bonds is 7. The van der Waals surface area contributed by atoms with Crippen molar-refractivity contribution < 1.29 is 14.3 Å². The molecule has 26 heavy (non-hydrogen) atoms. The van der Waals surface area contributed by atoms with E-state index in [1.807, 2.05) is 43.3 Å². The Morgan fingerprint density at radius 1 is 1.12 bits per heavy atom. The summed E-state index contributed by atoms with van der Waals surface area (Å²) in [6.07, 6.45) is 0. The average molecular weight is 354 g/mol. The monoisotopic (exact) mass is 354 g/mol. The van der Waals surface area contributed by atoms with Crippen molar-refractivity contribution in [3.05, 3.63) is 59.2 Å². The average Bonchev–Trinajstić information content (AvgIpc) is 2.57. The van der Waals surface area contributed by atoms with Gasteiger partial charge in [-0.05, 0) is 47.7 Å². The Hall–Kier alpha value is -2.82. The van der Waals surface area contributed by atoms with Gasteiger partial charge in [-0.25, -0.2) is 0 Å². The summed E-state index contributed by atoms with van der Waals surface area (Å²) in [6.45, 7) is 8.00. The van der Waals surface area contributed by atoms with Crippen molar-refractivity contribution in [3.8, 4) is 5.75 Å². The molecule has 5 nitrogen and oxygen atoms in total. The standard InChI is InChI=1S/C21H26N2O3/c1-14(2)19-9-8-15(3)10-20(19)26-13-21(25)22-12-17-6-5-7-18(11-17)23-16(4)24/h5-11,14H,12-13H2,1-4H3,(H,22,25)(H,23,24). The molecule has 2 aromatic carbocycles. The lowest BCUT2D eigenvalue weighted by molar-refractivity contribution is -0.123. The first-order valence-corrected chi connectivity index (χ1v) is 8.71. The van der Waals surface area contributed by atoms with E-state index in [2.05, 4.69) is 24.5 Å². The minimum atomic E-state index is -0.189. The van der Waals surface area contributed by atoms with E-state index in [0.29, 0.717) is 18.2 Å². The van der Waals surface area contributed by atoms with Crippen LogP contribution in [0.25, 0.3) is 0 Å². The molecule has 2 aromatic rings. The minimum absolute atomic E-state index is 0.0332. The smallest absolute Gasteiger partial charge is 0.258 e. The van der Waals surface area contributed by atoms with Crippen LogP contribution in [0.15, 0.2) is 42.5 Å². The van der Waals surface area contributed by atoms with Gasteiger partial charge in [0.05, 0.1) is 0 Å². The molecule has 0 aliphatic rings. The Balaban J connectivity index is 1.90. The van der Waals surface area contributed by atoms with Crippen molar-refractivity contribution in [1.82, 2.24) is 5.32 Å². The zero-order valence-corrected chi connectivity index (χ0v) is 15.8. The molecule has 2 N–H and O–H groups in total. The Labute approximate surface area is 154 Å². The summed E-state index contributed by atoms with van der Waals surface area (Å²) in [5.41, 5.74) is 3.80. The molecule has 0 unspecified atom stereocenters. The van der Waals surface area contributed by atoms with Gasteiger partial charge in [-0.1, -0.05) is 38.1 Å². The van der Waals surface area contributed by atoms with Gasteiger partial charge < -0.3 is 15.4 Å². The Bertz CT molecular complexity index is 785. The lowest BCUT2D eigenvalue weighted by atomic mass is 10.0. The summed E-state index contributed by atoms with van der Waals surface area (Å²) < 4.78 is 5.74. The number of benzene rings is 2. The van der Waals surface area contributed by atoms with Crippen LogP contribution < -0.4 is 15.4 Å². The quantitative estimate of drug-likeness (QED) is 0.795. The van der Waals surface area contributed by atoms with E-state index < -0.39 is 0 Å². The van der Waals surface area contributed by atoms with E-state index >= 15 is 0 Å². The van der Waals surface area contributed by atoms with Gasteiger partial charge in [0.25, 0.3) is 5.91 Å². The highest BCUT2D eigenvalue weighted by molar-refractivity contribution is 5.88. The van der Waals surface area contributed by atoms with Crippen LogP contribution in [-0.4, -0.2) is 18.4 Å². The van der Waals surface area contributed by atoms with Crippen LogP contribution in [0.5, 0.6) is 5.75 Å². The van der Waals surface area contributed by atoms with Crippen molar-refractivity contribution >= 4 is 17.5 Å². The molecule has 0 aromatic heterocycles. The summed E-state index contributed by atoms with van der Waals surface area (Å²) in [7, 11) is 0. The number of hydrogen-bond donors (Lipinski definition) is 2. The number of hydrogen-bond acceptors (Lipinski definition) is 3. The van der Waals surface area contributed by atoms with E-state index in [0.717, 1.165) is 22.4 Å². The van der Waals surface area contributed by atoms with Crippen molar-refractivity contribution in [3.63, 3.8) is 0 Å². The van der Waals surface area contributed by atoms with Crippen molar-refractivity contribution in [2.24, 2.45) is 0 Å². The number of ether oxygens (including phenoxy) is 1. The molecule has 2 amide bonds. The Kier molecular flexibility index (Phi) is 6.78. The Morgan fingerprint density at radius 3 is 2.58 bits per heavy atom. The van der Waals surface area contributed by atoms with Gasteiger partial charge >= 0.3 is 0 Å². The maximum atomic E-state index is 12.1. The summed E-state index contributed by atoms with van der Waals surface area (Å²) in [4.78, 5) is 23.2. The molecule has 2 rings (SSSR count). The zero-order chi connectivity index (χ0) is 19.1. The molecule has 5 heteroatoms. The predicted molar refractivity (Wildman–Crippen MR) is 103 cm³/mol. The van der Waals surface area contributed by atoms with E-state index in [1.165, 1.54) is 6.92 Å². The van der Waals surface area contributed by atoms with Crippen LogP contribution in [0.1, 0.15) is 43.4 Å². The molecular weight excluding hydrogens is 328 g/mol. The predicted octanol–water partition coefficient (Wildman–Crippen LogP) is 3.77. The fourth-order valence-corrected chi connectivity index (χ4v) is 2.60. The number of nitrogens with one attached hydrogen (secondary N) is 2. The second-order valence-electron chi connectivity index (χ2n) is 6.64. The van der Waals surface area contributed by atoms with Crippen molar-refractivity contribution in [1.29, 1.82) is 0 Å². The van der Waals surface area contributed by atoms with Gasteiger partial charge in [0.1, 0.15) is 5.75 Å². The summed E-state index contributed by atoms with van der Waals surface area (Å²) in [6, 6.07) is 13.4. The molecule has 0 saturated heterocycles. The van der Waals surface area contributed by atoms with Gasteiger partial charge in [-0.3, -0.25) is 9.59 Å². The van der Waals surface area contributed by atoms with Crippen LogP contribution in [0.3, 0.4) is 0 Å². The molecule has 0 atom stereocenters. The highest BCUT2D eigenvalue weighted by atomic mass is 16.5. The zero-order valence-electron chi connectivity index (χ0n) is 15.8. The van der Waals surface area contributed by atoms with Crippen molar-refractivity contribution in [2.75, 3.05) is 11.9 Å². The SMILES string of the molecule is CC(=O)Nc1cccc(CNC(=O)COc2cc(C)ccc2C(C)C)c1. The third-order valence-electron chi connectivity index (χ3n) is 3.89. The molecule has 0 fully saturated rings. The molecule has 0 aliphatic carbocycles. The summed E-state index contributed by atoms with van der Waals surface area (Å²) >= 11 is 0. The van der Waals surface area contributed by atoms with Gasteiger partial charge in [-0.2, -0.15) is 0 Å². The minimum Gasteiger partial charge on any atom is -0.483 e. The fraction of sp³-hybridized carbons (Fsp3) is 0.333. The highest BCUT2D eigenvalue weighted by Crippen LogP contribution is 2.27. The Morgan fingerprint density at radius 2 is 1.88 bits per heavy atom. The fourth-order valence-electron chi connectivity index (χ4n) is 2.60. The number of carbonyl (C=O) groups excluding carboxylic acids is 2. The second-order valence-corrected chi connectivity index (χ2v) is 6.64. The molecule has 0 spiro atoms. The molecule has 0 aliphatic heterocycles. The van der Waals surface area contributed by atoms with E-state index in [9.17, 15) is 9.59 Å². The normalized spacial score (nSPS) is 10.5. The molecule has 0 radical (unpaired) electrons. The number of amides is 2. The first kappa shape index (κ1) is 19.5. The van der Waals surface area contributed by atoms with Crippen LogP contribution in [-0.2, 0) is 16.1 Å². The molecular formula is C21H26N2O3. The largest absolute Gasteiger partial charge is 0.483 e. The first-order chi connectivity index (χ1) is 12.3. The van der Waals surface area contributed by atoms with Crippen LogP contribution in [0.2, 0.25) is 0 Å². The number of aryl methyl sites for hydroxylation is 1. The molecule has 138 valence electrons. The first-order valence-electron chi connectivity index (χ1n) is 8.71. The molecule has 0 saturated carbocycles. The van der Waals surface area contributed by atoms with E-state index in [1.54, 1.807) is 6.07 Å². The lowest BCUT2D eigenvalue weighted by Gasteiger charge is -2.15. The van der Waals surface area contributed by atoms with E-state index in [4.69, 9.17) is 4.74 Å². The topological polar surface area (TPSA) is 67.4 Å². The van der Waals surface area contributed by atoms with Gasteiger partial charge in [0.15, 0.2) is 6.61 Å². The van der Waals surface area contributed by atoms with E-state index in [-0.39, 0.29) is 18.4 Å². The van der Waals surface area contributed by atoms with Crippen LogP contribution in [0, 0.1) is 6.92 Å². The lowest BCUT2D eigenvalue weighted by Crippen LogP contribution is -2.28. The van der Waals surface area contributed by atoms with Gasteiger partial charge in [0.2, 0.25) is 5.91 Å². The summed E-state index contributed by atoms with van der Waals surface area (Å²) in [5.74, 6) is 0.762. The maximum absolute atomic E-state index is 12.1. The maximum Gasteiger partial charge on any atom is 0.258 e. The third kappa shape index (κ3) is 5.92. The third-order valence-corrected chi connectivity index (χ3v) is 3.89. The van der Waals surface area contributed by atoms with Gasteiger partial charge in [0, 0.05) is 19.2 Å². The molecule has 0 bridgehead atoms. The second kappa shape index (κ2) is 9.04. The van der Waals surface area contributed by atoms with Crippen LogP contribution in [0.4, 0.5) is 5.69 Å². The highest BCUT2D eigenvalue weighted by Gasteiger charge is 2.10. The summed E-state index contributed by atoms with van der Waals surface area (Å²) in [5, 5.41) is 5.56. The number of anilines is 1. The van der Waals surface area contributed by atoms with Crippen LogP contribution >= 0.6 is 0 Å². The molecule has 0 heterocycles. The van der Waals surface area contributed by atoms with Crippen molar-refractivity contribution in [2.45, 2.75) is 40.2 Å². The van der Waals surface area contributed by atoms with Gasteiger partial charge in [-0.15, -0.1) is 0 Å². The number of carbonyl (C=O) groups is 2.